The lowest BCUT2D eigenvalue weighted by Gasteiger charge is -2.17. The van der Waals surface area contributed by atoms with Gasteiger partial charge in [-0.05, 0) is 23.8 Å². The molecular formula is C22H20FN3O3. The average Bonchev–Trinajstić information content (AvgIpc) is 3.05. The summed E-state index contributed by atoms with van der Waals surface area (Å²) in [6.07, 6.45) is 3.31. The summed E-state index contributed by atoms with van der Waals surface area (Å²) in [5.74, 6) is -0.491. The Kier molecular flexibility index (Phi) is 5.12. The van der Waals surface area contributed by atoms with Crippen molar-refractivity contribution < 1.29 is 9.18 Å². The fraction of sp³-hybridized carbons (Fsp3) is 0.227. The Hall–Kier alpha value is -3.48. The maximum Gasteiger partial charge on any atom is 0.320 e. The zero-order chi connectivity index (χ0) is 20.4. The fourth-order valence-corrected chi connectivity index (χ4v) is 3.69. The highest BCUT2D eigenvalue weighted by atomic mass is 19.1. The molecule has 1 unspecified atom stereocenters. The van der Waals surface area contributed by atoms with E-state index in [4.69, 9.17) is 0 Å². The van der Waals surface area contributed by atoms with Gasteiger partial charge in [0.15, 0.2) is 0 Å². The number of likely N-dealkylation sites (tertiary alicyclic amines) is 1. The van der Waals surface area contributed by atoms with E-state index in [9.17, 15) is 18.8 Å². The van der Waals surface area contributed by atoms with Crippen LogP contribution in [0.5, 0.6) is 0 Å². The van der Waals surface area contributed by atoms with E-state index in [0.717, 1.165) is 10.1 Å². The molecular weight excluding hydrogens is 373 g/mol. The van der Waals surface area contributed by atoms with Gasteiger partial charge in [0.1, 0.15) is 5.82 Å². The summed E-state index contributed by atoms with van der Waals surface area (Å²) >= 11 is 0. The Morgan fingerprint density at radius 2 is 1.72 bits per heavy atom. The van der Waals surface area contributed by atoms with Gasteiger partial charge in [-0.1, -0.05) is 36.4 Å². The van der Waals surface area contributed by atoms with Crippen LogP contribution in [0.15, 0.2) is 76.6 Å². The minimum atomic E-state index is -0.747. The van der Waals surface area contributed by atoms with E-state index in [1.54, 1.807) is 11.0 Å². The average molecular weight is 393 g/mol. The molecule has 7 heteroatoms. The summed E-state index contributed by atoms with van der Waals surface area (Å²) in [5, 5.41) is 0. The van der Waals surface area contributed by atoms with Crippen LogP contribution < -0.4 is 11.1 Å². The van der Waals surface area contributed by atoms with E-state index in [-0.39, 0.29) is 18.4 Å². The number of rotatable bonds is 5. The zero-order valence-electron chi connectivity index (χ0n) is 15.7. The molecule has 0 N–H and O–H groups in total. The van der Waals surface area contributed by atoms with Crippen molar-refractivity contribution in [1.29, 1.82) is 0 Å². The summed E-state index contributed by atoms with van der Waals surface area (Å²) in [4.78, 5) is 39.1. The lowest BCUT2D eigenvalue weighted by molar-refractivity contribution is -0.128. The number of aromatic nitrogens is 2. The second-order valence-corrected chi connectivity index (χ2v) is 7.24. The molecule has 4 rings (SSSR count). The summed E-state index contributed by atoms with van der Waals surface area (Å²) in [7, 11) is 0. The van der Waals surface area contributed by atoms with Gasteiger partial charge in [-0.25, -0.2) is 4.39 Å². The van der Waals surface area contributed by atoms with Crippen LogP contribution >= 0.6 is 0 Å². The molecule has 148 valence electrons. The van der Waals surface area contributed by atoms with Gasteiger partial charge in [-0.3, -0.25) is 19.0 Å². The van der Waals surface area contributed by atoms with Gasteiger partial charge in [-0.2, -0.15) is 0 Å². The first-order valence-electron chi connectivity index (χ1n) is 9.41. The van der Waals surface area contributed by atoms with E-state index in [2.05, 4.69) is 0 Å². The van der Waals surface area contributed by atoms with Crippen LogP contribution in [0, 0.1) is 11.7 Å². The highest BCUT2D eigenvalue weighted by Gasteiger charge is 2.30. The molecule has 2 aromatic carbocycles. The normalized spacial score (nSPS) is 16.4. The molecule has 0 saturated carbocycles. The lowest BCUT2D eigenvalue weighted by Crippen LogP contribution is -2.41. The van der Waals surface area contributed by atoms with Gasteiger partial charge in [0.25, 0.3) is 0 Å². The molecule has 0 bridgehead atoms. The van der Waals surface area contributed by atoms with Crippen molar-refractivity contribution in [3.63, 3.8) is 0 Å². The van der Waals surface area contributed by atoms with Crippen LogP contribution in [-0.2, 0) is 17.9 Å². The quantitative estimate of drug-likeness (QED) is 0.624. The minimum absolute atomic E-state index is 0.0417. The number of halogens is 1. The molecule has 1 aliphatic heterocycles. The van der Waals surface area contributed by atoms with Gasteiger partial charge in [0.2, 0.25) is 5.91 Å². The largest absolute Gasteiger partial charge is 0.338 e. The Balaban J connectivity index is 1.50. The summed E-state index contributed by atoms with van der Waals surface area (Å²) in [6.45, 7) is 1.36. The van der Waals surface area contributed by atoms with Crippen LogP contribution in [0.2, 0.25) is 0 Å². The first-order chi connectivity index (χ1) is 14.0. The monoisotopic (exact) mass is 393 g/mol. The standard InChI is InChI=1S/C22H20FN3O3/c23-18-7-4-8-19(12-18)26-10-9-24(21(28)22(26)29)14-17-11-20(27)25(15-17)13-16-5-2-1-3-6-16/h1-10,12,17H,11,13-15H2. The molecule has 1 fully saturated rings. The Bertz CT molecular complexity index is 1150. The Morgan fingerprint density at radius 3 is 2.48 bits per heavy atom. The molecule has 0 spiro atoms. The predicted octanol–water partition coefficient (Wildman–Crippen LogP) is 2.19. The Labute approximate surface area is 166 Å². The third-order valence-electron chi connectivity index (χ3n) is 5.11. The van der Waals surface area contributed by atoms with Crippen LogP contribution in [-0.4, -0.2) is 26.5 Å². The second-order valence-electron chi connectivity index (χ2n) is 7.24. The molecule has 3 aromatic rings. The molecule has 1 atom stereocenters. The van der Waals surface area contributed by atoms with Crippen LogP contribution in [0.4, 0.5) is 4.39 Å². The molecule has 0 radical (unpaired) electrons. The van der Waals surface area contributed by atoms with Gasteiger partial charge in [0.05, 0.1) is 5.69 Å². The zero-order valence-corrected chi connectivity index (χ0v) is 15.7. The van der Waals surface area contributed by atoms with Crippen LogP contribution in [0.25, 0.3) is 5.69 Å². The van der Waals surface area contributed by atoms with Crippen molar-refractivity contribution in [2.45, 2.75) is 19.5 Å². The van der Waals surface area contributed by atoms with E-state index < -0.39 is 16.9 Å². The number of benzene rings is 2. The third-order valence-corrected chi connectivity index (χ3v) is 5.11. The molecule has 1 saturated heterocycles. The van der Waals surface area contributed by atoms with Gasteiger partial charge in [0, 0.05) is 44.4 Å². The van der Waals surface area contributed by atoms with Crippen LogP contribution in [0.1, 0.15) is 12.0 Å². The molecule has 1 amide bonds. The second kappa shape index (κ2) is 7.87. The van der Waals surface area contributed by atoms with Crippen molar-refractivity contribution in [3.8, 4) is 5.69 Å². The number of carbonyl (C=O) groups is 1. The molecule has 2 heterocycles. The maximum absolute atomic E-state index is 13.4. The number of nitrogens with zero attached hydrogens (tertiary/aromatic N) is 3. The minimum Gasteiger partial charge on any atom is -0.338 e. The van der Waals surface area contributed by atoms with E-state index in [1.165, 1.54) is 35.2 Å². The number of amides is 1. The summed E-state index contributed by atoms with van der Waals surface area (Å²) in [6, 6.07) is 15.2. The van der Waals surface area contributed by atoms with Crippen LogP contribution in [0.3, 0.4) is 0 Å². The molecule has 0 aliphatic carbocycles. The topological polar surface area (TPSA) is 64.3 Å². The highest BCUT2D eigenvalue weighted by Crippen LogP contribution is 2.21. The van der Waals surface area contributed by atoms with E-state index in [0.29, 0.717) is 25.2 Å². The van der Waals surface area contributed by atoms with Crippen molar-refractivity contribution in [1.82, 2.24) is 14.0 Å². The molecule has 1 aliphatic rings. The van der Waals surface area contributed by atoms with Gasteiger partial charge < -0.3 is 9.47 Å². The van der Waals surface area contributed by atoms with Crippen molar-refractivity contribution in [2.24, 2.45) is 5.92 Å². The molecule has 29 heavy (non-hydrogen) atoms. The molecule has 6 nitrogen and oxygen atoms in total. The lowest BCUT2D eigenvalue weighted by atomic mass is 10.1. The smallest absolute Gasteiger partial charge is 0.320 e. The van der Waals surface area contributed by atoms with Crippen molar-refractivity contribution in [2.75, 3.05) is 6.54 Å². The molecule has 1 aromatic heterocycles. The summed E-state index contributed by atoms with van der Waals surface area (Å²) < 4.78 is 15.9. The van der Waals surface area contributed by atoms with Gasteiger partial charge in [-0.15, -0.1) is 0 Å². The van der Waals surface area contributed by atoms with E-state index >= 15 is 0 Å². The predicted molar refractivity (Wildman–Crippen MR) is 106 cm³/mol. The fourth-order valence-electron chi connectivity index (χ4n) is 3.69. The number of carbonyl (C=O) groups excluding carboxylic acids is 1. The number of hydrogen-bond acceptors (Lipinski definition) is 3. The Morgan fingerprint density at radius 1 is 0.931 bits per heavy atom. The van der Waals surface area contributed by atoms with Gasteiger partial charge >= 0.3 is 11.1 Å². The highest BCUT2D eigenvalue weighted by molar-refractivity contribution is 5.78. The third kappa shape index (κ3) is 4.03. The maximum atomic E-state index is 13.4. The SMILES string of the molecule is O=C1CC(Cn2ccn(-c3cccc(F)c3)c(=O)c2=O)CN1Cc1ccccc1. The van der Waals surface area contributed by atoms with Crippen molar-refractivity contribution >= 4 is 5.91 Å². The number of hydrogen-bond donors (Lipinski definition) is 0. The summed E-state index contributed by atoms with van der Waals surface area (Å²) in [5.41, 5.74) is -0.0880. The first kappa shape index (κ1) is 18.9. The first-order valence-corrected chi connectivity index (χ1v) is 9.41. The van der Waals surface area contributed by atoms with E-state index in [1.807, 2.05) is 30.3 Å². The van der Waals surface area contributed by atoms with Crippen molar-refractivity contribution in [3.05, 3.63) is 99.1 Å².